The van der Waals surface area contributed by atoms with Crippen LogP contribution in [-0.2, 0) is 21.4 Å². The molecular weight excluding hydrogens is 362 g/mol. The third-order valence-electron chi connectivity index (χ3n) is 3.60. The number of pyridine rings is 1. The minimum absolute atomic E-state index is 0.279. The van der Waals surface area contributed by atoms with Gasteiger partial charge in [0.1, 0.15) is 6.04 Å². The lowest BCUT2D eigenvalue weighted by atomic mass is 10.2. The number of rotatable bonds is 7. The van der Waals surface area contributed by atoms with Crippen molar-refractivity contribution in [3.63, 3.8) is 0 Å². The van der Waals surface area contributed by atoms with Gasteiger partial charge in [-0.3, -0.25) is 14.1 Å². The molecule has 2 aromatic rings. The van der Waals surface area contributed by atoms with Gasteiger partial charge in [-0.1, -0.05) is 24.6 Å². The zero-order chi connectivity index (χ0) is 18.4. The molecule has 1 atom stereocenters. The number of halogens is 1. The molecule has 1 amide bonds. The second-order valence-electron chi connectivity index (χ2n) is 5.54. The number of anilines is 1. The van der Waals surface area contributed by atoms with E-state index in [9.17, 15) is 13.2 Å². The largest absolute Gasteiger partial charge is 0.350 e. The lowest BCUT2D eigenvalue weighted by molar-refractivity contribution is -0.122. The van der Waals surface area contributed by atoms with Crippen molar-refractivity contribution in [1.29, 1.82) is 0 Å². The van der Waals surface area contributed by atoms with Crippen molar-refractivity contribution < 1.29 is 13.2 Å². The molecule has 1 N–H and O–H groups in total. The molecule has 0 radical (unpaired) electrons. The standard InChI is InChI=1S/C17H20ClN3O3S/c1-3-16(17(22)20-12-13-5-4-10-19-11-13)21(25(2,23)24)15-8-6-14(18)7-9-15/h4-11,16H,3,12H2,1-2H3,(H,20,22). The van der Waals surface area contributed by atoms with E-state index in [0.29, 0.717) is 17.1 Å². The molecule has 25 heavy (non-hydrogen) atoms. The van der Waals surface area contributed by atoms with Gasteiger partial charge >= 0.3 is 0 Å². The molecule has 2 rings (SSSR count). The van der Waals surface area contributed by atoms with Crippen molar-refractivity contribution in [2.24, 2.45) is 0 Å². The predicted octanol–water partition coefficient (Wildman–Crippen LogP) is 2.60. The van der Waals surface area contributed by atoms with Crippen molar-refractivity contribution in [2.45, 2.75) is 25.9 Å². The first-order chi connectivity index (χ1) is 11.8. The number of hydrogen-bond donors (Lipinski definition) is 1. The second kappa shape index (κ2) is 8.31. The molecule has 0 spiro atoms. The molecule has 1 heterocycles. The summed E-state index contributed by atoms with van der Waals surface area (Å²) < 4.78 is 25.7. The topological polar surface area (TPSA) is 79.4 Å². The third-order valence-corrected chi connectivity index (χ3v) is 5.03. The third kappa shape index (κ3) is 5.17. The number of nitrogens with one attached hydrogen (secondary N) is 1. The highest BCUT2D eigenvalue weighted by Gasteiger charge is 2.31. The highest BCUT2D eigenvalue weighted by atomic mass is 35.5. The monoisotopic (exact) mass is 381 g/mol. The molecule has 0 saturated heterocycles. The van der Waals surface area contributed by atoms with Crippen molar-refractivity contribution in [3.8, 4) is 0 Å². The number of amides is 1. The average Bonchev–Trinajstić information content (AvgIpc) is 2.58. The van der Waals surface area contributed by atoms with Crippen LogP contribution in [-0.4, -0.2) is 31.6 Å². The Bertz CT molecular complexity index is 811. The molecule has 6 nitrogen and oxygen atoms in total. The summed E-state index contributed by atoms with van der Waals surface area (Å²) in [6, 6.07) is 9.11. The molecular formula is C17H20ClN3O3S. The van der Waals surface area contributed by atoms with Crippen LogP contribution >= 0.6 is 11.6 Å². The normalized spacial score (nSPS) is 12.4. The summed E-state index contributed by atoms with van der Waals surface area (Å²) in [4.78, 5) is 16.6. The Labute approximate surface area is 152 Å². The van der Waals surface area contributed by atoms with E-state index in [1.807, 2.05) is 6.07 Å². The molecule has 0 aliphatic heterocycles. The Morgan fingerprint density at radius 1 is 1.28 bits per heavy atom. The maximum atomic E-state index is 12.6. The number of nitrogens with zero attached hydrogens (tertiary/aromatic N) is 2. The highest BCUT2D eigenvalue weighted by molar-refractivity contribution is 7.92. The van der Waals surface area contributed by atoms with Crippen molar-refractivity contribution >= 4 is 33.2 Å². The molecule has 1 aromatic carbocycles. The number of benzene rings is 1. The number of carbonyl (C=O) groups is 1. The van der Waals surface area contributed by atoms with Gasteiger partial charge in [-0.2, -0.15) is 0 Å². The Morgan fingerprint density at radius 2 is 1.96 bits per heavy atom. The van der Waals surface area contributed by atoms with Crippen LogP contribution in [0.25, 0.3) is 0 Å². The lowest BCUT2D eigenvalue weighted by Gasteiger charge is -2.30. The predicted molar refractivity (Wildman–Crippen MR) is 98.9 cm³/mol. The van der Waals surface area contributed by atoms with Crippen LogP contribution in [0.3, 0.4) is 0 Å². The average molecular weight is 382 g/mol. The van der Waals surface area contributed by atoms with Crippen LogP contribution in [0.1, 0.15) is 18.9 Å². The van der Waals surface area contributed by atoms with Crippen LogP contribution in [0.15, 0.2) is 48.8 Å². The fraction of sp³-hybridized carbons (Fsp3) is 0.294. The van der Waals surface area contributed by atoms with Crippen LogP contribution < -0.4 is 9.62 Å². The molecule has 0 bridgehead atoms. The maximum Gasteiger partial charge on any atom is 0.244 e. The van der Waals surface area contributed by atoms with Crippen LogP contribution in [0.4, 0.5) is 5.69 Å². The molecule has 1 aromatic heterocycles. The quantitative estimate of drug-likeness (QED) is 0.799. The van der Waals surface area contributed by atoms with Gasteiger partial charge in [-0.25, -0.2) is 8.42 Å². The number of hydrogen-bond acceptors (Lipinski definition) is 4. The van der Waals surface area contributed by atoms with Gasteiger partial charge in [0.05, 0.1) is 11.9 Å². The number of aromatic nitrogens is 1. The second-order valence-corrected chi connectivity index (χ2v) is 7.83. The van der Waals surface area contributed by atoms with E-state index in [0.717, 1.165) is 16.1 Å². The highest BCUT2D eigenvalue weighted by Crippen LogP contribution is 2.24. The van der Waals surface area contributed by atoms with Crippen LogP contribution in [0.5, 0.6) is 0 Å². The summed E-state index contributed by atoms with van der Waals surface area (Å²) in [6.45, 7) is 2.05. The molecule has 134 valence electrons. The Hall–Kier alpha value is -2.12. The molecule has 0 fully saturated rings. The van der Waals surface area contributed by atoms with Gasteiger partial charge in [-0.05, 0) is 42.3 Å². The molecule has 1 unspecified atom stereocenters. The summed E-state index contributed by atoms with van der Waals surface area (Å²) in [7, 11) is -3.65. The summed E-state index contributed by atoms with van der Waals surface area (Å²) in [6.07, 6.45) is 4.70. The maximum absolute atomic E-state index is 12.6. The molecule has 8 heteroatoms. The van der Waals surface area contributed by atoms with E-state index in [1.54, 1.807) is 49.6 Å². The minimum atomic E-state index is -3.65. The van der Waals surface area contributed by atoms with Crippen molar-refractivity contribution in [3.05, 3.63) is 59.4 Å². The Balaban J connectivity index is 2.23. The summed E-state index contributed by atoms with van der Waals surface area (Å²) >= 11 is 5.87. The van der Waals surface area contributed by atoms with Gasteiger partial charge in [-0.15, -0.1) is 0 Å². The first kappa shape index (κ1) is 19.2. The van der Waals surface area contributed by atoms with Crippen LogP contribution in [0.2, 0.25) is 5.02 Å². The van der Waals surface area contributed by atoms with Gasteiger partial charge in [0, 0.05) is 24.0 Å². The summed E-state index contributed by atoms with van der Waals surface area (Å²) in [5, 5.41) is 3.26. The fourth-order valence-corrected chi connectivity index (χ4v) is 3.80. The summed E-state index contributed by atoms with van der Waals surface area (Å²) in [5.41, 5.74) is 1.23. The van der Waals surface area contributed by atoms with Crippen molar-refractivity contribution in [1.82, 2.24) is 10.3 Å². The van der Waals surface area contributed by atoms with Crippen LogP contribution in [0, 0.1) is 0 Å². The van der Waals surface area contributed by atoms with Crippen molar-refractivity contribution in [2.75, 3.05) is 10.6 Å². The van der Waals surface area contributed by atoms with E-state index in [2.05, 4.69) is 10.3 Å². The number of carbonyl (C=O) groups excluding carboxylic acids is 1. The van der Waals surface area contributed by atoms with Gasteiger partial charge < -0.3 is 5.32 Å². The lowest BCUT2D eigenvalue weighted by Crippen LogP contribution is -2.49. The summed E-state index contributed by atoms with van der Waals surface area (Å²) in [5.74, 6) is -0.369. The van der Waals surface area contributed by atoms with E-state index in [1.165, 1.54) is 0 Å². The zero-order valence-corrected chi connectivity index (χ0v) is 15.6. The van der Waals surface area contributed by atoms with Gasteiger partial charge in [0.25, 0.3) is 0 Å². The van der Waals surface area contributed by atoms with E-state index < -0.39 is 16.1 Å². The SMILES string of the molecule is CCC(C(=O)NCc1cccnc1)N(c1ccc(Cl)cc1)S(C)(=O)=O. The first-order valence-corrected chi connectivity index (χ1v) is 9.97. The number of sulfonamides is 1. The van der Waals surface area contributed by atoms with E-state index >= 15 is 0 Å². The first-order valence-electron chi connectivity index (χ1n) is 7.74. The fourth-order valence-electron chi connectivity index (χ4n) is 2.46. The van der Waals surface area contributed by atoms with E-state index in [-0.39, 0.29) is 12.5 Å². The van der Waals surface area contributed by atoms with Gasteiger partial charge in [0.2, 0.25) is 15.9 Å². The Morgan fingerprint density at radius 3 is 2.48 bits per heavy atom. The minimum Gasteiger partial charge on any atom is -0.350 e. The van der Waals surface area contributed by atoms with Gasteiger partial charge in [0.15, 0.2) is 0 Å². The Kier molecular flexibility index (Phi) is 6.39. The molecule has 0 saturated carbocycles. The molecule has 0 aliphatic carbocycles. The smallest absolute Gasteiger partial charge is 0.244 e. The van der Waals surface area contributed by atoms with E-state index in [4.69, 9.17) is 11.6 Å². The zero-order valence-electron chi connectivity index (χ0n) is 14.0. The molecule has 0 aliphatic rings.